The van der Waals surface area contributed by atoms with Crippen molar-refractivity contribution in [2.24, 2.45) is 0 Å². The summed E-state index contributed by atoms with van der Waals surface area (Å²) in [5.41, 5.74) is 1.12. The average Bonchev–Trinajstić information content (AvgIpc) is 3.10. The van der Waals surface area contributed by atoms with Crippen molar-refractivity contribution >= 4 is 40.1 Å². The molecular formula is C18H16ClN5O2. The Labute approximate surface area is 154 Å². The number of piperazine rings is 1. The second-order valence-electron chi connectivity index (χ2n) is 6.05. The number of Topliss-reactive ketones (excluding diaryl/α,β-unsaturated/α-hetero) is 1. The Bertz CT molecular complexity index is 964. The molecule has 1 aromatic carbocycles. The van der Waals surface area contributed by atoms with Gasteiger partial charge in [0.25, 0.3) is 11.7 Å². The summed E-state index contributed by atoms with van der Waals surface area (Å²) in [6, 6.07) is 6.98. The summed E-state index contributed by atoms with van der Waals surface area (Å²) >= 11 is 6.02. The van der Waals surface area contributed by atoms with Gasteiger partial charge in [-0.2, -0.15) is 0 Å². The number of nitrogens with one attached hydrogen (secondary N) is 1. The Morgan fingerprint density at radius 3 is 2.54 bits per heavy atom. The molecule has 4 rings (SSSR count). The van der Waals surface area contributed by atoms with E-state index in [1.165, 1.54) is 0 Å². The molecule has 132 valence electrons. The zero-order valence-corrected chi connectivity index (χ0v) is 14.6. The van der Waals surface area contributed by atoms with Crippen molar-refractivity contribution in [3.63, 3.8) is 0 Å². The third kappa shape index (κ3) is 3.01. The van der Waals surface area contributed by atoms with Crippen LogP contribution in [0.1, 0.15) is 10.4 Å². The Morgan fingerprint density at radius 1 is 1.08 bits per heavy atom. The van der Waals surface area contributed by atoms with Gasteiger partial charge in [-0.15, -0.1) is 0 Å². The van der Waals surface area contributed by atoms with Crippen LogP contribution in [0.3, 0.4) is 0 Å². The molecule has 0 radical (unpaired) electrons. The molecule has 0 saturated carbocycles. The summed E-state index contributed by atoms with van der Waals surface area (Å²) in [5, 5.41) is 1.18. The third-order valence-corrected chi connectivity index (χ3v) is 4.72. The van der Waals surface area contributed by atoms with Crippen molar-refractivity contribution in [3.05, 3.63) is 53.4 Å². The van der Waals surface area contributed by atoms with Crippen molar-refractivity contribution < 1.29 is 9.59 Å². The lowest BCUT2D eigenvalue weighted by atomic mass is 10.1. The second kappa shape index (κ2) is 6.76. The number of halogens is 1. The SMILES string of the molecule is O=C(C(=O)N1CCN(c2ncccn2)CC1)c1c[nH]c2ccc(Cl)cc12. The van der Waals surface area contributed by atoms with Crippen molar-refractivity contribution in [2.75, 3.05) is 31.1 Å². The molecule has 1 aliphatic heterocycles. The summed E-state index contributed by atoms with van der Waals surface area (Å²) in [6.45, 7) is 2.07. The van der Waals surface area contributed by atoms with E-state index >= 15 is 0 Å². The summed E-state index contributed by atoms with van der Waals surface area (Å²) in [6.07, 6.45) is 4.94. The fourth-order valence-corrected chi connectivity index (χ4v) is 3.28. The Morgan fingerprint density at radius 2 is 1.81 bits per heavy atom. The van der Waals surface area contributed by atoms with Gasteiger partial charge < -0.3 is 14.8 Å². The minimum atomic E-state index is -0.525. The largest absolute Gasteiger partial charge is 0.360 e. The molecule has 0 aliphatic carbocycles. The van der Waals surface area contributed by atoms with Gasteiger partial charge >= 0.3 is 0 Å². The maximum atomic E-state index is 12.7. The smallest absolute Gasteiger partial charge is 0.295 e. The molecule has 1 fully saturated rings. The van der Waals surface area contributed by atoms with Crippen LogP contribution in [0.25, 0.3) is 10.9 Å². The number of nitrogens with zero attached hydrogens (tertiary/aromatic N) is 4. The Hall–Kier alpha value is -2.93. The van der Waals surface area contributed by atoms with Gasteiger partial charge in [0.1, 0.15) is 0 Å². The number of hydrogen-bond acceptors (Lipinski definition) is 5. The molecule has 1 saturated heterocycles. The van der Waals surface area contributed by atoms with E-state index in [-0.39, 0.29) is 0 Å². The number of anilines is 1. The van der Waals surface area contributed by atoms with E-state index in [9.17, 15) is 9.59 Å². The molecule has 3 heterocycles. The fourth-order valence-electron chi connectivity index (χ4n) is 3.10. The summed E-state index contributed by atoms with van der Waals surface area (Å²) in [4.78, 5) is 40.4. The van der Waals surface area contributed by atoms with Crippen LogP contribution >= 0.6 is 11.6 Å². The number of aromatic amines is 1. The average molecular weight is 370 g/mol. The number of hydrogen-bond donors (Lipinski definition) is 1. The van der Waals surface area contributed by atoms with E-state index < -0.39 is 11.7 Å². The van der Waals surface area contributed by atoms with Gasteiger partial charge in [0.2, 0.25) is 5.95 Å². The molecule has 26 heavy (non-hydrogen) atoms. The fraction of sp³-hybridized carbons (Fsp3) is 0.222. The van der Waals surface area contributed by atoms with Gasteiger partial charge in [-0.25, -0.2) is 9.97 Å². The Balaban J connectivity index is 1.48. The van der Waals surface area contributed by atoms with Crippen LogP contribution in [0.5, 0.6) is 0 Å². The number of benzene rings is 1. The highest BCUT2D eigenvalue weighted by atomic mass is 35.5. The lowest BCUT2D eigenvalue weighted by molar-refractivity contribution is -0.126. The summed E-state index contributed by atoms with van der Waals surface area (Å²) in [7, 11) is 0. The van der Waals surface area contributed by atoms with Crippen LogP contribution < -0.4 is 4.90 Å². The van der Waals surface area contributed by atoms with Crippen LogP contribution in [0, 0.1) is 0 Å². The minimum absolute atomic E-state index is 0.348. The molecule has 1 N–H and O–H groups in total. The normalized spacial score (nSPS) is 14.7. The van der Waals surface area contributed by atoms with Crippen LogP contribution in [-0.4, -0.2) is 57.7 Å². The topological polar surface area (TPSA) is 82.2 Å². The summed E-state index contributed by atoms with van der Waals surface area (Å²) < 4.78 is 0. The van der Waals surface area contributed by atoms with Crippen LogP contribution in [-0.2, 0) is 4.79 Å². The molecule has 1 aliphatic rings. The minimum Gasteiger partial charge on any atom is -0.360 e. The number of amides is 1. The molecule has 0 unspecified atom stereocenters. The van der Waals surface area contributed by atoms with Gasteiger partial charge in [-0.05, 0) is 24.3 Å². The molecule has 0 bridgehead atoms. The standard InChI is InChI=1S/C18H16ClN5O2/c19-12-2-3-15-13(10-12)14(11-22-15)16(25)17(26)23-6-8-24(9-7-23)18-20-4-1-5-21-18/h1-5,10-11,22H,6-9H2. The highest BCUT2D eigenvalue weighted by Crippen LogP contribution is 2.23. The van der Waals surface area contributed by atoms with Crippen molar-refractivity contribution in [2.45, 2.75) is 0 Å². The zero-order chi connectivity index (χ0) is 18.1. The quantitative estimate of drug-likeness (QED) is 0.565. The van der Waals surface area contributed by atoms with E-state index in [0.29, 0.717) is 48.1 Å². The lowest BCUT2D eigenvalue weighted by Crippen LogP contribution is -2.51. The third-order valence-electron chi connectivity index (χ3n) is 4.48. The molecule has 7 nitrogen and oxygen atoms in total. The highest BCUT2D eigenvalue weighted by Gasteiger charge is 2.29. The molecule has 3 aromatic rings. The predicted octanol–water partition coefficient (Wildman–Crippen LogP) is 2.14. The van der Waals surface area contributed by atoms with E-state index in [1.807, 2.05) is 4.90 Å². The van der Waals surface area contributed by atoms with Crippen molar-refractivity contribution in [3.8, 4) is 0 Å². The molecule has 2 aromatic heterocycles. The predicted molar refractivity (Wildman–Crippen MR) is 98.5 cm³/mol. The van der Waals surface area contributed by atoms with Gasteiger partial charge in [0.15, 0.2) is 0 Å². The maximum absolute atomic E-state index is 12.7. The molecular weight excluding hydrogens is 354 g/mol. The van der Waals surface area contributed by atoms with Gasteiger partial charge in [0.05, 0.1) is 5.56 Å². The van der Waals surface area contributed by atoms with Crippen LogP contribution in [0.15, 0.2) is 42.9 Å². The van der Waals surface area contributed by atoms with E-state index in [2.05, 4.69) is 15.0 Å². The number of aromatic nitrogens is 3. The van der Waals surface area contributed by atoms with Crippen molar-refractivity contribution in [1.82, 2.24) is 19.9 Å². The van der Waals surface area contributed by atoms with Crippen LogP contribution in [0.2, 0.25) is 5.02 Å². The highest BCUT2D eigenvalue weighted by molar-refractivity contribution is 6.45. The number of H-pyrrole nitrogens is 1. The Kier molecular flexibility index (Phi) is 4.30. The zero-order valence-electron chi connectivity index (χ0n) is 13.9. The first kappa shape index (κ1) is 16.5. The molecule has 0 spiro atoms. The van der Waals surface area contributed by atoms with Gasteiger partial charge in [-0.1, -0.05) is 11.6 Å². The number of fused-ring (bicyclic) bond motifs is 1. The van der Waals surface area contributed by atoms with E-state index in [0.717, 1.165) is 5.52 Å². The second-order valence-corrected chi connectivity index (χ2v) is 6.49. The summed E-state index contributed by atoms with van der Waals surface area (Å²) in [5.74, 6) is -0.389. The first-order valence-electron chi connectivity index (χ1n) is 8.26. The molecule has 8 heteroatoms. The maximum Gasteiger partial charge on any atom is 0.295 e. The number of rotatable bonds is 3. The monoisotopic (exact) mass is 369 g/mol. The molecule has 1 amide bonds. The first-order valence-corrected chi connectivity index (χ1v) is 8.63. The van der Waals surface area contributed by atoms with E-state index in [4.69, 9.17) is 11.6 Å². The number of ketones is 1. The van der Waals surface area contributed by atoms with Gasteiger partial charge in [-0.3, -0.25) is 9.59 Å². The number of carbonyl (C=O) groups is 2. The van der Waals surface area contributed by atoms with Gasteiger partial charge in [0, 0.05) is 60.7 Å². The lowest BCUT2D eigenvalue weighted by Gasteiger charge is -2.34. The van der Waals surface area contributed by atoms with Crippen molar-refractivity contribution in [1.29, 1.82) is 0 Å². The molecule has 0 atom stereocenters. The van der Waals surface area contributed by atoms with Crippen LogP contribution in [0.4, 0.5) is 5.95 Å². The first-order chi connectivity index (χ1) is 12.6. The van der Waals surface area contributed by atoms with E-state index in [1.54, 1.807) is 47.8 Å². The number of carbonyl (C=O) groups excluding carboxylic acids is 2.